The molecule has 4 aromatic rings. The van der Waals surface area contributed by atoms with E-state index < -0.39 is 30.1 Å². The zero-order valence-corrected chi connectivity index (χ0v) is 23.0. The van der Waals surface area contributed by atoms with Gasteiger partial charge in [-0.05, 0) is 37.1 Å². The van der Waals surface area contributed by atoms with Gasteiger partial charge in [-0.1, -0.05) is 29.5 Å². The molecule has 0 saturated carbocycles. The summed E-state index contributed by atoms with van der Waals surface area (Å²) in [6.45, 7) is 0.562. The van der Waals surface area contributed by atoms with Crippen LogP contribution >= 0.6 is 0 Å². The highest BCUT2D eigenvalue weighted by molar-refractivity contribution is 6.00. The molecule has 5 rings (SSSR count). The molecule has 43 heavy (non-hydrogen) atoms. The summed E-state index contributed by atoms with van der Waals surface area (Å²) in [5.41, 5.74) is 1.14. The third-order valence-electron chi connectivity index (χ3n) is 7.02. The van der Waals surface area contributed by atoms with E-state index in [0.29, 0.717) is 43.5 Å². The van der Waals surface area contributed by atoms with Gasteiger partial charge >= 0.3 is 6.18 Å². The van der Waals surface area contributed by atoms with Crippen molar-refractivity contribution >= 4 is 35.0 Å². The van der Waals surface area contributed by atoms with E-state index in [4.69, 9.17) is 5.11 Å². The van der Waals surface area contributed by atoms with Gasteiger partial charge in [0, 0.05) is 37.6 Å². The average molecular weight is 596 g/mol. The number of para-hydroxylation sites is 1. The lowest BCUT2D eigenvalue weighted by molar-refractivity contribution is -0.137. The minimum atomic E-state index is -4.74. The SMILES string of the molecule is CNC(=O)c1ccccc1Nc1nc(Nc2ccc(-c3cn(C4CCN(C(=O)CO)CC4)nn3)cc2)ncc1C(F)(F)F. The zero-order chi connectivity index (χ0) is 30.6. The van der Waals surface area contributed by atoms with Gasteiger partial charge in [-0.25, -0.2) is 9.67 Å². The van der Waals surface area contributed by atoms with Gasteiger partial charge in [-0.3, -0.25) is 9.59 Å². The van der Waals surface area contributed by atoms with Crippen molar-refractivity contribution in [2.75, 3.05) is 37.4 Å². The minimum Gasteiger partial charge on any atom is -0.387 e. The number of benzene rings is 2. The zero-order valence-electron chi connectivity index (χ0n) is 23.0. The maximum absolute atomic E-state index is 13.8. The number of anilines is 4. The molecule has 0 atom stereocenters. The highest BCUT2D eigenvalue weighted by Gasteiger charge is 2.35. The number of carbonyl (C=O) groups excluding carboxylic acids is 2. The summed E-state index contributed by atoms with van der Waals surface area (Å²) in [6.07, 6.45) is -0.853. The van der Waals surface area contributed by atoms with Gasteiger partial charge in [0.25, 0.3) is 5.91 Å². The fourth-order valence-corrected chi connectivity index (χ4v) is 4.72. The molecule has 0 aliphatic carbocycles. The molecular weight excluding hydrogens is 567 g/mol. The number of likely N-dealkylation sites (tertiary alicyclic amines) is 1. The van der Waals surface area contributed by atoms with Crippen molar-refractivity contribution in [3.05, 3.63) is 72.1 Å². The number of carbonyl (C=O) groups is 2. The van der Waals surface area contributed by atoms with Crippen molar-refractivity contribution in [3.8, 4) is 11.3 Å². The van der Waals surface area contributed by atoms with E-state index in [9.17, 15) is 22.8 Å². The molecule has 0 bridgehead atoms. The van der Waals surface area contributed by atoms with Crippen LogP contribution in [0.5, 0.6) is 0 Å². The fraction of sp³-hybridized carbons (Fsp3) is 0.286. The van der Waals surface area contributed by atoms with E-state index >= 15 is 0 Å². The van der Waals surface area contributed by atoms with Crippen molar-refractivity contribution in [2.24, 2.45) is 0 Å². The highest BCUT2D eigenvalue weighted by atomic mass is 19.4. The Morgan fingerprint density at radius 1 is 1.05 bits per heavy atom. The van der Waals surface area contributed by atoms with Crippen LogP contribution in [0.15, 0.2) is 60.9 Å². The molecule has 2 aromatic heterocycles. The summed E-state index contributed by atoms with van der Waals surface area (Å²) < 4.78 is 43.1. The van der Waals surface area contributed by atoms with Crippen LogP contribution in [0.3, 0.4) is 0 Å². The molecule has 3 heterocycles. The van der Waals surface area contributed by atoms with Crippen molar-refractivity contribution in [1.82, 2.24) is 35.2 Å². The van der Waals surface area contributed by atoms with E-state index in [0.717, 1.165) is 5.56 Å². The molecule has 1 aliphatic rings. The molecule has 15 heteroatoms. The van der Waals surface area contributed by atoms with Crippen LogP contribution in [0.25, 0.3) is 11.3 Å². The number of nitrogens with zero attached hydrogens (tertiary/aromatic N) is 6. The predicted octanol–water partition coefficient (Wildman–Crippen LogP) is 3.76. The first-order valence-electron chi connectivity index (χ1n) is 13.4. The second kappa shape index (κ2) is 12.4. The molecule has 0 unspecified atom stereocenters. The molecule has 1 aliphatic heterocycles. The number of rotatable bonds is 8. The second-order valence-electron chi connectivity index (χ2n) is 9.76. The van der Waals surface area contributed by atoms with E-state index in [-0.39, 0.29) is 29.1 Å². The maximum atomic E-state index is 13.8. The van der Waals surface area contributed by atoms with Crippen molar-refractivity contribution < 1.29 is 27.9 Å². The summed E-state index contributed by atoms with van der Waals surface area (Å²) in [5, 5.41) is 25.6. The average Bonchev–Trinajstić information content (AvgIpc) is 3.51. The number of amides is 2. The van der Waals surface area contributed by atoms with E-state index in [2.05, 4.69) is 36.2 Å². The smallest absolute Gasteiger partial charge is 0.387 e. The van der Waals surface area contributed by atoms with Crippen LogP contribution in [0.1, 0.15) is 34.8 Å². The van der Waals surface area contributed by atoms with Gasteiger partial charge in [0.05, 0.1) is 23.5 Å². The summed E-state index contributed by atoms with van der Waals surface area (Å²) in [4.78, 5) is 33.5. The van der Waals surface area contributed by atoms with Gasteiger partial charge in [0.2, 0.25) is 11.9 Å². The first-order valence-corrected chi connectivity index (χ1v) is 13.4. The lowest BCUT2D eigenvalue weighted by Crippen LogP contribution is -2.40. The summed E-state index contributed by atoms with van der Waals surface area (Å²) in [6, 6.07) is 13.2. The number of halogens is 3. The molecule has 1 fully saturated rings. The largest absolute Gasteiger partial charge is 0.421 e. The summed E-state index contributed by atoms with van der Waals surface area (Å²) >= 11 is 0. The monoisotopic (exact) mass is 595 g/mol. The Morgan fingerprint density at radius 2 is 1.77 bits per heavy atom. The molecule has 2 amide bonds. The molecule has 0 radical (unpaired) electrons. The van der Waals surface area contributed by atoms with Crippen LogP contribution in [0.2, 0.25) is 0 Å². The quantitative estimate of drug-likeness (QED) is 0.239. The van der Waals surface area contributed by atoms with Crippen LogP contribution in [0.4, 0.5) is 36.3 Å². The number of aliphatic hydroxyl groups excluding tert-OH is 1. The van der Waals surface area contributed by atoms with E-state index in [1.54, 1.807) is 46.0 Å². The Morgan fingerprint density at radius 3 is 2.44 bits per heavy atom. The van der Waals surface area contributed by atoms with E-state index in [1.807, 2.05) is 6.20 Å². The van der Waals surface area contributed by atoms with Gasteiger partial charge < -0.3 is 26.0 Å². The van der Waals surface area contributed by atoms with Crippen LogP contribution in [-0.4, -0.2) is 73.5 Å². The Balaban J connectivity index is 1.30. The first kappa shape index (κ1) is 29.4. The van der Waals surface area contributed by atoms with E-state index in [1.165, 1.54) is 19.2 Å². The fourth-order valence-electron chi connectivity index (χ4n) is 4.72. The molecular formula is C28H28F3N9O3. The Kier molecular flexibility index (Phi) is 8.52. The number of hydrogen-bond donors (Lipinski definition) is 4. The molecule has 1 saturated heterocycles. The number of aliphatic hydroxyl groups is 1. The molecule has 224 valence electrons. The Bertz CT molecular complexity index is 1600. The van der Waals surface area contributed by atoms with Gasteiger partial charge in [0.15, 0.2) is 0 Å². The molecule has 0 spiro atoms. The topological polar surface area (TPSA) is 150 Å². The standard InChI is InChI=1S/C28H28F3N9O3/c1-32-26(43)20-4-2-3-5-22(20)35-25-21(28(29,30)31)14-33-27(36-25)34-18-8-6-17(7-9-18)23-15-40(38-37-23)19-10-12-39(13-11-19)24(42)16-41/h2-9,14-15,19,41H,10-13,16H2,1H3,(H,32,43)(H2,33,34,35,36). The van der Waals surface area contributed by atoms with Gasteiger partial charge in [0.1, 0.15) is 23.7 Å². The Labute approximate surface area is 244 Å². The first-order chi connectivity index (χ1) is 20.7. The van der Waals surface area contributed by atoms with Gasteiger partial charge in [-0.15, -0.1) is 5.10 Å². The highest BCUT2D eigenvalue weighted by Crippen LogP contribution is 2.36. The lowest BCUT2D eigenvalue weighted by Gasteiger charge is -2.31. The van der Waals surface area contributed by atoms with Crippen molar-refractivity contribution in [1.29, 1.82) is 0 Å². The number of alkyl halides is 3. The number of aromatic nitrogens is 5. The summed E-state index contributed by atoms with van der Waals surface area (Å²) in [5.74, 6) is -1.35. The molecule has 12 nitrogen and oxygen atoms in total. The van der Waals surface area contributed by atoms with Crippen molar-refractivity contribution in [3.63, 3.8) is 0 Å². The lowest BCUT2D eigenvalue weighted by atomic mass is 10.1. The maximum Gasteiger partial charge on any atom is 0.421 e. The van der Waals surface area contributed by atoms with Crippen LogP contribution in [-0.2, 0) is 11.0 Å². The normalized spacial score (nSPS) is 13.9. The minimum absolute atomic E-state index is 0.0767. The predicted molar refractivity (Wildman–Crippen MR) is 151 cm³/mol. The Hall–Kier alpha value is -5.05. The second-order valence-corrected chi connectivity index (χ2v) is 9.76. The van der Waals surface area contributed by atoms with Crippen molar-refractivity contribution in [2.45, 2.75) is 25.1 Å². The molecule has 4 N–H and O–H groups in total. The van der Waals surface area contributed by atoms with Gasteiger partial charge in [-0.2, -0.15) is 18.2 Å². The van der Waals surface area contributed by atoms with Crippen LogP contribution in [0, 0.1) is 0 Å². The van der Waals surface area contributed by atoms with Crippen LogP contribution < -0.4 is 16.0 Å². The summed E-state index contributed by atoms with van der Waals surface area (Å²) in [7, 11) is 1.43. The third-order valence-corrected chi connectivity index (χ3v) is 7.02. The molecule has 2 aromatic carbocycles. The number of nitrogens with one attached hydrogen (secondary N) is 3. The number of hydrogen-bond acceptors (Lipinski definition) is 9. The third kappa shape index (κ3) is 6.72. The number of piperidine rings is 1.